The van der Waals surface area contributed by atoms with Crippen LogP contribution in [0, 0.1) is 0 Å². The summed E-state index contributed by atoms with van der Waals surface area (Å²) in [6.45, 7) is 4.10. The molecule has 1 unspecified atom stereocenters. The summed E-state index contributed by atoms with van der Waals surface area (Å²) in [6, 6.07) is 0. The fraction of sp³-hybridized carbons (Fsp3) is 0.739. The van der Waals surface area contributed by atoms with E-state index in [1.54, 1.807) is 0 Å². The zero-order valence-electron chi connectivity index (χ0n) is 36.3. The van der Waals surface area contributed by atoms with Gasteiger partial charge in [0.1, 0.15) is 19.8 Å². The van der Waals surface area contributed by atoms with Gasteiger partial charge in [0.05, 0.1) is 27.7 Å². The van der Waals surface area contributed by atoms with E-state index in [0.717, 1.165) is 64.2 Å². The maximum absolute atomic E-state index is 12.6. The Kier molecular flexibility index (Phi) is 36.7. The lowest BCUT2D eigenvalue weighted by atomic mass is 10.1. The normalized spacial score (nSPS) is 14.2. The highest BCUT2D eigenvalue weighted by molar-refractivity contribution is 7.45. The van der Waals surface area contributed by atoms with Crippen LogP contribution in [0.3, 0.4) is 0 Å². The molecule has 0 bridgehead atoms. The minimum absolute atomic E-state index is 0.0420. The van der Waals surface area contributed by atoms with E-state index in [1.165, 1.54) is 64.2 Å². The van der Waals surface area contributed by atoms with E-state index in [2.05, 4.69) is 74.6 Å². The third kappa shape index (κ3) is 41.3. The highest BCUT2D eigenvalue weighted by Gasteiger charge is 2.21. The highest BCUT2D eigenvalue weighted by atomic mass is 31.2. The Morgan fingerprint density at radius 3 is 1.46 bits per heavy atom. The van der Waals surface area contributed by atoms with Crippen LogP contribution in [0.25, 0.3) is 0 Å². The first-order valence-corrected chi connectivity index (χ1v) is 23.5. The number of ether oxygens (including phenoxy) is 2. The standard InChI is InChI=1S/C46H82NO8P/c1-6-8-10-12-14-16-18-20-22-23-25-26-28-30-32-34-36-38-45(48)52-42-44(43-54-56(50,51)53-41-40-47(3,4)5)55-46(49)39-37-35-33-31-29-27-24-21-19-17-15-13-11-9-7-2/h14-17,20-22,24,29,31,44H,6-13,18-19,23,25-28,30,32-43H2,1-5H3/b16-14+,17-15+,22-20+,24-21+,31-29+/t44-/m1/s1. The molecular formula is C46H82NO8P. The van der Waals surface area contributed by atoms with Crippen LogP contribution in [0.4, 0.5) is 0 Å². The zero-order valence-corrected chi connectivity index (χ0v) is 37.2. The van der Waals surface area contributed by atoms with Crippen molar-refractivity contribution in [2.45, 2.75) is 174 Å². The van der Waals surface area contributed by atoms with Crippen LogP contribution in [0.15, 0.2) is 60.8 Å². The summed E-state index contributed by atoms with van der Waals surface area (Å²) >= 11 is 0. The number of phosphoric acid groups is 1. The lowest BCUT2D eigenvalue weighted by molar-refractivity contribution is -0.870. The SMILES string of the molecule is CCCCC/C=C/C/C=C/C/C=C/CCCCC(=O)O[C@H](COC(=O)CCCCCCCCC/C=C/C/C=C/CCCCC)COP(=O)([O-])OCC[N+](C)(C)C. The molecule has 0 aromatic heterocycles. The Balaban J connectivity index is 4.44. The van der Waals surface area contributed by atoms with Crippen LogP contribution in [0.2, 0.25) is 0 Å². The maximum Gasteiger partial charge on any atom is 0.306 e. The first-order chi connectivity index (χ1) is 27.0. The number of carbonyl (C=O) groups is 2. The van der Waals surface area contributed by atoms with Gasteiger partial charge in [0.25, 0.3) is 7.82 Å². The molecule has 0 saturated heterocycles. The van der Waals surface area contributed by atoms with Crippen molar-refractivity contribution in [2.24, 2.45) is 0 Å². The lowest BCUT2D eigenvalue weighted by Crippen LogP contribution is -2.37. The highest BCUT2D eigenvalue weighted by Crippen LogP contribution is 2.38. The summed E-state index contributed by atoms with van der Waals surface area (Å²) in [5.41, 5.74) is 0. The topological polar surface area (TPSA) is 111 Å². The maximum atomic E-state index is 12.6. The number of nitrogens with zero attached hydrogens (tertiary/aromatic N) is 1. The number of hydrogen-bond acceptors (Lipinski definition) is 8. The Morgan fingerprint density at radius 1 is 0.554 bits per heavy atom. The first-order valence-electron chi connectivity index (χ1n) is 22.0. The summed E-state index contributed by atoms with van der Waals surface area (Å²) in [5, 5.41) is 0. The number of allylic oxidation sites excluding steroid dienone is 10. The van der Waals surface area contributed by atoms with Gasteiger partial charge in [-0.25, -0.2) is 0 Å². The van der Waals surface area contributed by atoms with Crippen LogP contribution in [0.5, 0.6) is 0 Å². The van der Waals surface area contributed by atoms with Gasteiger partial charge in [0, 0.05) is 12.8 Å². The number of hydrogen-bond donors (Lipinski definition) is 0. The third-order valence-electron chi connectivity index (χ3n) is 9.01. The second-order valence-corrected chi connectivity index (χ2v) is 17.1. The van der Waals surface area contributed by atoms with Crippen LogP contribution in [-0.4, -0.2) is 70.0 Å². The lowest BCUT2D eigenvalue weighted by Gasteiger charge is -2.28. The van der Waals surface area contributed by atoms with Gasteiger partial charge < -0.3 is 27.9 Å². The van der Waals surface area contributed by atoms with Gasteiger partial charge in [0.2, 0.25) is 0 Å². The molecule has 9 nitrogen and oxygen atoms in total. The molecule has 0 fully saturated rings. The predicted octanol–water partition coefficient (Wildman–Crippen LogP) is 11.8. The molecule has 0 rings (SSSR count). The number of esters is 2. The molecule has 0 saturated carbocycles. The summed E-state index contributed by atoms with van der Waals surface area (Å²) < 4.78 is 33.8. The van der Waals surface area contributed by atoms with Crippen molar-refractivity contribution in [3.8, 4) is 0 Å². The largest absolute Gasteiger partial charge is 0.756 e. The Morgan fingerprint density at radius 2 is 0.964 bits per heavy atom. The second kappa shape index (κ2) is 38.2. The monoisotopic (exact) mass is 808 g/mol. The molecule has 0 heterocycles. The Bertz CT molecular complexity index is 1140. The molecule has 2 atom stereocenters. The van der Waals surface area contributed by atoms with Crippen molar-refractivity contribution in [1.29, 1.82) is 0 Å². The summed E-state index contributed by atoms with van der Waals surface area (Å²) in [6.07, 6.45) is 45.3. The summed E-state index contributed by atoms with van der Waals surface area (Å²) in [4.78, 5) is 37.5. The van der Waals surface area contributed by atoms with Crippen LogP contribution in [0.1, 0.15) is 168 Å². The molecule has 0 radical (unpaired) electrons. The molecule has 0 amide bonds. The van der Waals surface area contributed by atoms with Gasteiger partial charge in [0.15, 0.2) is 6.10 Å². The summed E-state index contributed by atoms with van der Waals surface area (Å²) in [7, 11) is 1.13. The number of quaternary nitrogens is 1. The molecule has 10 heteroatoms. The molecule has 324 valence electrons. The number of phosphoric ester groups is 1. The van der Waals surface area contributed by atoms with E-state index >= 15 is 0 Å². The van der Waals surface area contributed by atoms with E-state index < -0.39 is 32.5 Å². The van der Waals surface area contributed by atoms with Crippen LogP contribution < -0.4 is 4.89 Å². The molecule has 0 spiro atoms. The average Bonchev–Trinajstić information content (AvgIpc) is 3.15. The minimum Gasteiger partial charge on any atom is -0.756 e. The van der Waals surface area contributed by atoms with Gasteiger partial charge in [-0.15, -0.1) is 0 Å². The van der Waals surface area contributed by atoms with Gasteiger partial charge in [-0.2, -0.15) is 0 Å². The molecule has 0 aliphatic carbocycles. The number of likely N-dealkylation sites (N-methyl/N-ethyl adjacent to an activating group) is 1. The number of unbranched alkanes of at least 4 members (excludes halogenated alkanes) is 15. The number of rotatable bonds is 39. The molecule has 0 aliphatic heterocycles. The van der Waals surface area contributed by atoms with Crippen molar-refractivity contribution in [1.82, 2.24) is 0 Å². The molecule has 0 aliphatic rings. The summed E-state index contributed by atoms with van der Waals surface area (Å²) in [5.74, 6) is -0.893. The predicted molar refractivity (Wildman–Crippen MR) is 231 cm³/mol. The van der Waals surface area contributed by atoms with Crippen molar-refractivity contribution in [2.75, 3.05) is 47.5 Å². The molecule has 0 aromatic carbocycles. The van der Waals surface area contributed by atoms with Crippen molar-refractivity contribution >= 4 is 19.8 Å². The van der Waals surface area contributed by atoms with E-state index in [9.17, 15) is 19.0 Å². The van der Waals surface area contributed by atoms with E-state index in [1.807, 2.05) is 21.1 Å². The van der Waals surface area contributed by atoms with E-state index in [-0.39, 0.29) is 26.1 Å². The fourth-order valence-corrected chi connectivity index (χ4v) is 6.24. The van der Waals surface area contributed by atoms with Crippen molar-refractivity contribution in [3.05, 3.63) is 60.8 Å². The second-order valence-electron chi connectivity index (χ2n) is 15.7. The zero-order chi connectivity index (χ0) is 41.4. The van der Waals surface area contributed by atoms with E-state index in [4.69, 9.17) is 18.5 Å². The Labute approximate surface area is 343 Å². The average molecular weight is 808 g/mol. The molecule has 56 heavy (non-hydrogen) atoms. The molecule has 0 N–H and O–H groups in total. The van der Waals surface area contributed by atoms with Crippen LogP contribution in [-0.2, 0) is 32.7 Å². The van der Waals surface area contributed by atoms with E-state index in [0.29, 0.717) is 23.9 Å². The Hall–Kier alpha value is -2.29. The molecular weight excluding hydrogens is 725 g/mol. The van der Waals surface area contributed by atoms with Gasteiger partial charge >= 0.3 is 11.9 Å². The van der Waals surface area contributed by atoms with Gasteiger partial charge in [-0.1, -0.05) is 132 Å². The first kappa shape index (κ1) is 53.7. The van der Waals surface area contributed by atoms with Crippen LogP contribution >= 0.6 is 7.82 Å². The van der Waals surface area contributed by atoms with Gasteiger partial charge in [-0.05, 0) is 83.5 Å². The minimum atomic E-state index is -4.64. The smallest absolute Gasteiger partial charge is 0.306 e. The van der Waals surface area contributed by atoms with Gasteiger partial charge in [-0.3, -0.25) is 14.2 Å². The van der Waals surface area contributed by atoms with Crippen molar-refractivity contribution < 1.29 is 42.1 Å². The number of carbonyl (C=O) groups excluding carboxylic acids is 2. The molecule has 0 aromatic rings. The third-order valence-corrected chi connectivity index (χ3v) is 9.97. The van der Waals surface area contributed by atoms with Crippen molar-refractivity contribution in [3.63, 3.8) is 0 Å². The fourth-order valence-electron chi connectivity index (χ4n) is 5.51. The quantitative estimate of drug-likeness (QED) is 0.0198.